The number of nitrogens with one attached hydrogen (secondary N) is 1. The van der Waals surface area contributed by atoms with Crippen LogP contribution in [0.15, 0.2) is 24.3 Å². The van der Waals surface area contributed by atoms with Crippen molar-refractivity contribution in [1.29, 1.82) is 0 Å². The number of aromatic amines is 1. The van der Waals surface area contributed by atoms with Gasteiger partial charge in [-0.05, 0) is 23.3 Å². The molecule has 0 radical (unpaired) electrons. The Hall–Kier alpha value is -3.56. The zero-order valence-corrected chi connectivity index (χ0v) is 21.0. The molecule has 190 valence electrons. The number of halogens is 1. The number of aromatic hydroxyl groups is 1. The highest BCUT2D eigenvalue weighted by Gasteiger charge is 2.40. The number of phenolic OH excluding ortho intramolecular Hbond substituents is 1. The third-order valence-electron chi connectivity index (χ3n) is 6.96. The molecule has 9 nitrogen and oxygen atoms in total. The summed E-state index contributed by atoms with van der Waals surface area (Å²) in [6, 6.07) is 5.21. The number of aliphatic hydroxyl groups is 1. The van der Waals surface area contributed by atoms with E-state index in [2.05, 4.69) is 4.98 Å². The van der Waals surface area contributed by atoms with Crippen LogP contribution in [0.1, 0.15) is 40.4 Å². The average molecular weight is 515 g/mol. The van der Waals surface area contributed by atoms with E-state index < -0.39 is 18.1 Å². The van der Waals surface area contributed by atoms with Crippen molar-refractivity contribution in [3.05, 3.63) is 46.7 Å². The van der Waals surface area contributed by atoms with Gasteiger partial charge in [-0.25, -0.2) is 0 Å². The largest absolute Gasteiger partial charge is 0.508 e. The van der Waals surface area contributed by atoms with Crippen molar-refractivity contribution >= 4 is 40.2 Å². The Balaban J connectivity index is 1.60. The van der Waals surface area contributed by atoms with Crippen LogP contribution in [0.4, 0.5) is 5.69 Å². The summed E-state index contributed by atoms with van der Waals surface area (Å²) >= 11 is 6.35. The van der Waals surface area contributed by atoms with Gasteiger partial charge in [-0.3, -0.25) is 4.79 Å². The highest BCUT2D eigenvalue weighted by atomic mass is 35.5. The summed E-state index contributed by atoms with van der Waals surface area (Å²) in [5.41, 5.74) is 3.95. The first-order valence-electron chi connectivity index (χ1n) is 11.4. The molecule has 2 heterocycles. The van der Waals surface area contributed by atoms with Crippen molar-refractivity contribution in [3.8, 4) is 23.0 Å². The fourth-order valence-corrected chi connectivity index (χ4v) is 5.60. The van der Waals surface area contributed by atoms with Gasteiger partial charge in [0.1, 0.15) is 11.7 Å². The van der Waals surface area contributed by atoms with Crippen molar-refractivity contribution in [2.24, 2.45) is 0 Å². The molecule has 0 bridgehead atoms. The van der Waals surface area contributed by atoms with Crippen LogP contribution in [0.25, 0.3) is 17.0 Å². The highest BCUT2D eigenvalue weighted by molar-refractivity contribution is 6.18. The summed E-state index contributed by atoms with van der Waals surface area (Å²) < 4.78 is 21.4. The van der Waals surface area contributed by atoms with Gasteiger partial charge in [0.25, 0.3) is 0 Å². The number of aromatic nitrogens is 1. The Morgan fingerprint density at radius 2 is 1.89 bits per heavy atom. The van der Waals surface area contributed by atoms with Crippen molar-refractivity contribution in [3.63, 3.8) is 0 Å². The van der Waals surface area contributed by atoms with Gasteiger partial charge in [-0.1, -0.05) is 12.2 Å². The SMILES string of the molecule is COC(=O)C1C=Cc2c1c(O)cc1c2[C@H](CCl)CN1C(O)c1cc2cc(OC)c(OC)c(OC)c2[nH]1. The average Bonchev–Trinajstić information content (AvgIpc) is 3.61. The van der Waals surface area contributed by atoms with Gasteiger partial charge in [-0.15, -0.1) is 11.6 Å². The summed E-state index contributed by atoms with van der Waals surface area (Å²) in [5, 5.41) is 23.2. The Bertz CT molecular complexity index is 1380. The number of hydrogen-bond acceptors (Lipinski definition) is 8. The summed E-state index contributed by atoms with van der Waals surface area (Å²) in [4.78, 5) is 17.3. The molecule has 0 saturated heterocycles. The summed E-state index contributed by atoms with van der Waals surface area (Å²) in [7, 11) is 5.93. The van der Waals surface area contributed by atoms with Gasteiger partial charge in [-0.2, -0.15) is 0 Å². The molecule has 3 N–H and O–H groups in total. The first-order chi connectivity index (χ1) is 17.4. The van der Waals surface area contributed by atoms with Crippen molar-refractivity contribution < 1.29 is 34.0 Å². The maximum Gasteiger partial charge on any atom is 0.317 e. The minimum absolute atomic E-state index is 0.0376. The van der Waals surface area contributed by atoms with E-state index in [-0.39, 0.29) is 11.7 Å². The molecule has 2 unspecified atom stereocenters. The number of benzene rings is 2. The maximum absolute atomic E-state index is 12.3. The van der Waals surface area contributed by atoms with E-state index in [1.165, 1.54) is 21.3 Å². The molecular formula is C26H27ClN2O7. The van der Waals surface area contributed by atoms with Gasteiger partial charge in [0.2, 0.25) is 5.75 Å². The lowest BCUT2D eigenvalue weighted by atomic mass is 9.91. The normalized spacial score (nSPS) is 18.8. The predicted molar refractivity (Wildman–Crippen MR) is 136 cm³/mol. The second-order valence-corrected chi connectivity index (χ2v) is 9.04. The molecule has 0 saturated carbocycles. The lowest BCUT2D eigenvalue weighted by Gasteiger charge is -2.26. The maximum atomic E-state index is 12.3. The fourth-order valence-electron chi connectivity index (χ4n) is 5.35. The van der Waals surface area contributed by atoms with Crippen molar-refractivity contribution in [2.45, 2.75) is 18.1 Å². The third kappa shape index (κ3) is 3.45. The number of rotatable bonds is 7. The van der Waals surface area contributed by atoms with Crippen molar-refractivity contribution in [1.82, 2.24) is 4.98 Å². The quantitative estimate of drug-likeness (QED) is 0.320. The molecule has 1 aliphatic carbocycles. The molecule has 1 aliphatic heterocycles. The minimum Gasteiger partial charge on any atom is -0.508 e. The summed E-state index contributed by atoms with van der Waals surface area (Å²) in [6.07, 6.45) is 2.45. The number of aliphatic hydroxyl groups excluding tert-OH is 1. The van der Waals surface area contributed by atoms with Gasteiger partial charge < -0.3 is 39.0 Å². The Kier molecular flexibility index (Phi) is 6.13. The van der Waals surface area contributed by atoms with E-state index in [0.29, 0.717) is 52.1 Å². The Morgan fingerprint density at radius 3 is 2.53 bits per heavy atom. The third-order valence-corrected chi connectivity index (χ3v) is 7.33. The zero-order chi connectivity index (χ0) is 25.7. The first kappa shape index (κ1) is 24.1. The number of carbonyl (C=O) groups is 1. The van der Waals surface area contributed by atoms with Crippen LogP contribution in [-0.2, 0) is 9.53 Å². The number of nitrogens with zero attached hydrogens (tertiary/aromatic N) is 1. The smallest absolute Gasteiger partial charge is 0.317 e. The number of anilines is 1. The summed E-state index contributed by atoms with van der Waals surface area (Å²) in [5.74, 6) is 0.417. The molecule has 0 amide bonds. The number of fused-ring (bicyclic) bond motifs is 4. The van der Waals surface area contributed by atoms with Crippen LogP contribution in [-0.4, -0.2) is 62.0 Å². The molecule has 2 aliphatic rings. The van der Waals surface area contributed by atoms with Crippen LogP contribution in [0, 0.1) is 0 Å². The molecule has 5 rings (SSSR count). The van der Waals surface area contributed by atoms with Crippen LogP contribution >= 0.6 is 11.6 Å². The van der Waals surface area contributed by atoms with Crippen LogP contribution in [0.2, 0.25) is 0 Å². The molecule has 0 spiro atoms. The number of alkyl halides is 1. The molecule has 0 fully saturated rings. The van der Waals surface area contributed by atoms with Crippen LogP contribution < -0.4 is 19.1 Å². The topological polar surface area (TPSA) is 113 Å². The van der Waals surface area contributed by atoms with E-state index in [1.54, 1.807) is 30.2 Å². The van der Waals surface area contributed by atoms with Crippen LogP contribution in [0.5, 0.6) is 23.0 Å². The predicted octanol–water partition coefficient (Wildman–Crippen LogP) is 4.02. The van der Waals surface area contributed by atoms with E-state index in [0.717, 1.165) is 16.5 Å². The highest BCUT2D eigenvalue weighted by Crippen LogP contribution is 2.51. The standard InChI is InChI=1S/C26H27ClN2O7/c1-33-19-8-12-7-16(28-22(12)24(35-3)23(19)34-2)25(31)29-11-13(10-27)20-14-5-6-15(26(32)36-4)21(14)18(30)9-17(20)29/h5-9,13,15,25,28,30-31H,10-11H2,1-4H3/t13-,15?,25?/m1/s1. The van der Waals surface area contributed by atoms with E-state index in [9.17, 15) is 15.0 Å². The Morgan fingerprint density at radius 1 is 1.14 bits per heavy atom. The van der Waals surface area contributed by atoms with E-state index >= 15 is 0 Å². The number of phenols is 1. The zero-order valence-electron chi connectivity index (χ0n) is 20.3. The number of hydrogen-bond donors (Lipinski definition) is 3. The monoisotopic (exact) mass is 514 g/mol. The second kappa shape index (κ2) is 9.15. The van der Waals surface area contributed by atoms with E-state index in [1.807, 2.05) is 12.1 Å². The van der Waals surface area contributed by atoms with Gasteiger partial charge in [0, 0.05) is 41.0 Å². The number of carbonyl (C=O) groups excluding carboxylic acids is 1. The minimum atomic E-state index is -1.08. The number of methoxy groups -OCH3 is 4. The number of esters is 1. The van der Waals surface area contributed by atoms with E-state index in [4.69, 9.17) is 30.5 Å². The van der Waals surface area contributed by atoms with Gasteiger partial charge >= 0.3 is 5.97 Å². The number of H-pyrrole nitrogens is 1. The molecule has 1 aromatic heterocycles. The second-order valence-electron chi connectivity index (χ2n) is 8.73. The molecule has 3 atom stereocenters. The first-order valence-corrected chi connectivity index (χ1v) is 11.9. The molecule has 10 heteroatoms. The lowest BCUT2D eigenvalue weighted by Crippen LogP contribution is -2.28. The lowest BCUT2D eigenvalue weighted by molar-refractivity contribution is -0.141. The van der Waals surface area contributed by atoms with Crippen molar-refractivity contribution in [2.75, 3.05) is 45.8 Å². The van der Waals surface area contributed by atoms with Crippen LogP contribution in [0.3, 0.4) is 0 Å². The van der Waals surface area contributed by atoms with Gasteiger partial charge in [0.15, 0.2) is 17.7 Å². The summed E-state index contributed by atoms with van der Waals surface area (Å²) in [6.45, 7) is 0.422. The number of ether oxygens (including phenoxy) is 4. The van der Waals surface area contributed by atoms with Gasteiger partial charge in [0.05, 0.1) is 39.6 Å². The fraction of sp³-hybridized carbons (Fsp3) is 0.346. The molecule has 2 aromatic carbocycles. The Labute approximate surface area is 212 Å². The molecule has 3 aromatic rings. The molecular weight excluding hydrogens is 488 g/mol. The molecule has 36 heavy (non-hydrogen) atoms.